The van der Waals surface area contributed by atoms with Gasteiger partial charge in [-0.1, -0.05) is 12.2 Å². The first-order valence-electron chi connectivity index (χ1n) is 3.96. The molecule has 0 aromatic rings. The number of carbonyl (C=O) groups excluding carboxylic acids is 1. The molecule has 1 aliphatic heterocycles. The fraction of sp³-hybridized carbons (Fsp3) is 0.625. The molecule has 1 aliphatic rings. The second-order valence-corrected chi connectivity index (χ2v) is 2.73. The molecule has 1 amide bonds. The topological polar surface area (TPSA) is 49.8 Å². The molecule has 0 radical (unpaired) electrons. The van der Waals surface area contributed by atoms with Crippen molar-refractivity contribution in [3.63, 3.8) is 0 Å². The molecule has 1 heterocycles. The van der Waals surface area contributed by atoms with Crippen LogP contribution in [0.25, 0.3) is 0 Å². The molecule has 1 saturated heterocycles. The quantitative estimate of drug-likeness (QED) is 0.624. The van der Waals surface area contributed by atoms with Gasteiger partial charge in [0.25, 0.3) is 0 Å². The van der Waals surface area contributed by atoms with Crippen LogP contribution < -0.4 is 0 Å². The van der Waals surface area contributed by atoms with Gasteiger partial charge in [0, 0.05) is 6.54 Å². The van der Waals surface area contributed by atoms with E-state index in [1.165, 1.54) is 0 Å². The third kappa shape index (κ3) is 2.54. The van der Waals surface area contributed by atoms with E-state index in [9.17, 15) is 4.79 Å². The zero-order chi connectivity index (χ0) is 8.97. The first-order valence-corrected chi connectivity index (χ1v) is 3.96. The number of hydrogen-bond donors (Lipinski definition) is 1. The van der Waals surface area contributed by atoms with E-state index < -0.39 is 6.10 Å². The normalized spacial score (nSPS) is 20.2. The molecule has 0 bridgehead atoms. The Morgan fingerprint density at radius 2 is 2.58 bits per heavy atom. The molecule has 0 aromatic carbocycles. The van der Waals surface area contributed by atoms with Crippen molar-refractivity contribution >= 4 is 6.09 Å². The number of ether oxygens (including phenoxy) is 1. The average molecular weight is 171 g/mol. The summed E-state index contributed by atoms with van der Waals surface area (Å²) in [7, 11) is 0. The number of cyclic esters (lactones) is 1. The molecule has 0 spiro atoms. The van der Waals surface area contributed by atoms with E-state index in [1.54, 1.807) is 24.0 Å². The van der Waals surface area contributed by atoms with Crippen LogP contribution in [0, 0.1) is 0 Å². The highest BCUT2D eigenvalue weighted by molar-refractivity contribution is 5.69. The lowest BCUT2D eigenvalue weighted by Gasteiger charge is -2.08. The van der Waals surface area contributed by atoms with E-state index in [1.807, 2.05) is 0 Å². The molecule has 1 fully saturated rings. The van der Waals surface area contributed by atoms with Crippen LogP contribution in [0.1, 0.15) is 6.92 Å². The molecule has 1 atom stereocenters. The SMILES string of the molecule is CC(O)/C=C/CN1CCOC1=O. The van der Waals surface area contributed by atoms with Crippen LogP contribution in [0.15, 0.2) is 12.2 Å². The van der Waals surface area contributed by atoms with Crippen LogP contribution in [-0.4, -0.2) is 41.9 Å². The van der Waals surface area contributed by atoms with Gasteiger partial charge >= 0.3 is 6.09 Å². The van der Waals surface area contributed by atoms with Crippen LogP contribution in [0.4, 0.5) is 4.79 Å². The van der Waals surface area contributed by atoms with Gasteiger partial charge in [-0.2, -0.15) is 0 Å². The summed E-state index contributed by atoms with van der Waals surface area (Å²) in [5.74, 6) is 0. The lowest BCUT2D eigenvalue weighted by Crippen LogP contribution is -2.24. The van der Waals surface area contributed by atoms with Gasteiger partial charge in [0.1, 0.15) is 6.61 Å². The Morgan fingerprint density at radius 3 is 3.08 bits per heavy atom. The van der Waals surface area contributed by atoms with Crippen LogP contribution >= 0.6 is 0 Å². The first kappa shape index (κ1) is 9.06. The van der Waals surface area contributed by atoms with E-state index in [0.717, 1.165) is 0 Å². The van der Waals surface area contributed by atoms with E-state index >= 15 is 0 Å². The standard InChI is InChI=1S/C8H13NO3/c1-7(10)3-2-4-9-5-6-12-8(9)11/h2-3,7,10H,4-6H2,1H3/b3-2+. The third-order valence-corrected chi connectivity index (χ3v) is 1.59. The van der Waals surface area contributed by atoms with Gasteiger partial charge in [-0.15, -0.1) is 0 Å². The minimum absolute atomic E-state index is 0.273. The van der Waals surface area contributed by atoms with Gasteiger partial charge in [-0.25, -0.2) is 4.79 Å². The van der Waals surface area contributed by atoms with Crippen molar-refractivity contribution in [3.8, 4) is 0 Å². The van der Waals surface area contributed by atoms with Crippen molar-refractivity contribution < 1.29 is 14.6 Å². The van der Waals surface area contributed by atoms with Crippen molar-refractivity contribution in [1.82, 2.24) is 4.90 Å². The molecule has 1 N–H and O–H groups in total. The lowest BCUT2D eigenvalue weighted by atomic mass is 10.3. The predicted molar refractivity (Wildman–Crippen MR) is 43.7 cm³/mol. The molecular weight excluding hydrogens is 158 g/mol. The lowest BCUT2D eigenvalue weighted by molar-refractivity contribution is 0.160. The number of nitrogens with zero attached hydrogens (tertiary/aromatic N) is 1. The van der Waals surface area contributed by atoms with Crippen LogP contribution in [0.2, 0.25) is 0 Å². The smallest absolute Gasteiger partial charge is 0.410 e. The van der Waals surface area contributed by atoms with E-state index in [0.29, 0.717) is 19.7 Å². The number of aliphatic hydroxyl groups excluding tert-OH is 1. The zero-order valence-electron chi connectivity index (χ0n) is 7.06. The predicted octanol–water partition coefficient (Wildman–Crippen LogP) is 0.376. The van der Waals surface area contributed by atoms with Crippen molar-refractivity contribution in [1.29, 1.82) is 0 Å². The number of carbonyl (C=O) groups is 1. The van der Waals surface area contributed by atoms with E-state index in [4.69, 9.17) is 9.84 Å². The van der Waals surface area contributed by atoms with E-state index in [-0.39, 0.29) is 6.09 Å². The largest absolute Gasteiger partial charge is 0.448 e. The Labute approximate surface area is 71.4 Å². The van der Waals surface area contributed by atoms with Gasteiger partial charge in [0.05, 0.1) is 12.6 Å². The van der Waals surface area contributed by atoms with Crippen molar-refractivity contribution in [2.24, 2.45) is 0 Å². The van der Waals surface area contributed by atoms with Crippen LogP contribution in [-0.2, 0) is 4.74 Å². The van der Waals surface area contributed by atoms with Crippen LogP contribution in [0.3, 0.4) is 0 Å². The molecule has 12 heavy (non-hydrogen) atoms. The summed E-state index contributed by atoms with van der Waals surface area (Å²) in [6.45, 7) is 3.30. The number of aliphatic hydroxyl groups is 1. The number of hydrogen-bond acceptors (Lipinski definition) is 3. The van der Waals surface area contributed by atoms with Crippen molar-refractivity contribution in [3.05, 3.63) is 12.2 Å². The second-order valence-electron chi connectivity index (χ2n) is 2.73. The molecule has 0 aliphatic carbocycles. The molecule has 68 valence electrons. The zero-order valence-corrected chi connectivity index (χ0v) is 7.06. The minimum Gasteiger partial charge on any atom is -0.448 e. The van der Waals surface area contributed by atoms with Gasteiger partial charge in [0.2, 0.25) is 0 Å². The maximum atomic E-state index is 10.9. The molecule has 1 rings (SSSR count). The average Bonchev–Trinajstić information content (AvgIpc) is 2.36. The third-order valence-electron chi connectivity index (χ3n) is 1.59. The summed E-state index contributed by atoms with van der Waals surface area (Å²) in [5.41, 5.74) is 0. The Morgan fingerprint density at radius 1 is 1.83 bits per heavy atom. The maximum absolute atomic E-state index is 10.9. The van der Waals surface area contributed by atoms with Gasteiger partial charge < -0.3 is 14.7 Å². The molecule has 0 saturated carbocycles. The molecular formula is C8H13NO3. The highest BCUT2D eigenvalue weighted by Gasteiger charge is 2.19. The van der Waals surface area contributed by atoms with Crippen molar-refractivity contribution in [2.45, 2.75) is 13.0 Å². The maximum Gasteiger partial charge on any atom is 0.410 e. The number of rotatable bonds is 3. The molecule has 4 heteroatoms. The molecule has 4 nitrogen and oxygen atoms in total. The van der Waals surface area contributed by atoms with Gasteiger partial charge in [-0.3, -0.25) is 0 Å². The summed E-state index contributed by atoms with van der Waals surface area (Å²) >= 11 is 0. The summed E-state index contributed by atoms with van der Waals surface area (Å²) in [4.78, 5) is 12.4. The summed E-state index contributed by atoms with van der Waals surface area (Å²) < 4.78 is 4.71. The summed E-state index contributed by atoms with van der Waals surface area (Å²) in [6.07, 6.45) is 2.68. The second kappa shape index (κ2) is 4.11. The first-order chi connectivity index (χ1) is 5.70. The molecule has 0 aromatic heterocycles. The highest BCUT2D eigenvalue weighted by atomic mass is 16.6. The summed E-state index contributed by atoms with van der Waals surface area (Å²) in [6, 6.07) is 0. The Hall–Kier alpha value is -1.03. The van der Waals surface area contributed by atoms with Gasteiger partial charge in [-0.05, 0) is 6.92 Å². The number of amides is 1. The fourth-order valence-corrected chi connectivity index (χ4v) is 0.977. The van der Waals surface area contributed by atoms with Crippen molar-refractivity contribution in [2.75, 3.05) is 19.7 Å². The minimum atomic E-state index is -0.455. The molecule has 1 unspecified atom stereocenters. The fourth-order valence-electron chi connectivity index (χ4n) is 0.977. The Bertz CT molecular complexity index is 189. The van der Waals surface area contributed by atoms with E-state index in [2.05, 4.69) is 0 Å². The monoisotopic (exact) mass is 171 g/mol. The Balaban J connectivity index is 2.27. The highest BCUT2D eigenvalue weighted by Crippen LogP contribution is 2.02. The van der Waals surface area contributed by atoms with Gasteiger partial charge in [0.15, 0.2) is 0 Å². The van der Waals surface area contributed by atoms with Crippen LogP contribution in [0.5, 0.6) is 0 Å². The summed E-state index contributed by atoms with van der Waals surface area (Å²) in [5, 5.41) is 8.87. The Kier molecular flexibility index (Phi) is 3.10.